The second-order valence-electron chi connectivity index (χ2n) is 4.22. The van der Waals surface area contributed by atoms with Gasteiger partial charge in [-0.05, 0) is 12.1 Å². The molecular weight excluding hydrogens is 310 g/mol. The molecule has 0 N–H and O–H groups in total. The van der Waals surface area contributed by atoms with Crippen molar-refractivity contribution in [2.75, 3.05) is 7.11 Å². The summed E-state index contributed by atoms with van der Waals surface area (Å²) < 4.78 is 8.68. The van der Waals surface area contributed by atoms with Crippen molar-refractivity contribution in [1.29, 1.82) is 0 Å². The van der Waals surface area contributed by atoms with E-state index in [0.29, 0.717) is 16.7 Å². The standard InChI is InChI=1S/C13H12BrN3O2/c1-16-9-5-3-4-6-10(9)17-11(12(18)19-2)8(7-14)15-13(16)17/h3-6H,7H2,1-2H3. The van der Waals surface area contributed by atoms with Crippen LogP contribution in [0.2, 0.25) is 0 Å². The monoisotopic (exact) mass is 321 g/mol. The normalized spacial score (nSPS) is 11.3. The zero-order chi connectivity index (χ0) is 13.6. The Labute approximate surface area is 117 Å². The summed E-state index contributed by atoms with van der Waals surface area (Å²) in [6, 6.07) is 7.87. The quantitative estimate of drug-likeness (QED) is 0.538. The van der Waals surface area contributed by atoms with Crippen LogP contribution in [0.25, 0.3) is 16.8 Å². The van der Waals surface area contributed by atoms with Crippen molar-refractivity contribution in [2.24, 2.45) is 7.05 Å². The Morgan fingerprint density at radius 3 is 2.68 bits per heavy atom. The van der Waals surface area contributed by atoms with Gasteiger partial charge in [0, 0.05) is 12.4 Å². The van der Waals surface area contributed by atoms with Crippen LogP contribution < -0.4 is 0 Å². The van der Waals surface area contributed by atoms with Gasteiger partial charge in [0.25, 0.3) is 0 Å². The van der Waals surface area contributed by atoms with E-state index in [1.54, 1.807) is 0 Å². The van der Waals surface area contributed by atoms with Gasteiger partial charge in [0.05, 0.1) is 23.8 Å². The van der Waals surface area contributed by atoms with Crippen LogP contribution in [0.3, 0.4) is 0 Å². The zero-order valence-corrected chi connectivity index (χ0v) is 12.1. The molecule has 0 fully saturated rings. The lowest BCUT2D eigenvalue weighted by Crippen LogP contribution is -2.07. The van der Waals surface area contributed by atoms with Gasteiger partial charge in [-0.1, -0.05) is 28.1 Å². The Balaban J connectivity index is 2.51. The SMILES string of the molecule is COC(=O)c1c(CBr)nc2n(C)c3ccccc3n12. The summed E-state index contributed by atoms with van der Waals surface area (Å²) in [5, 5.41) is 0.507. The molecule has 0 spiro atoms. The third kappa shape index (κ3) is 1.59. The van der Waals surface area contributed by atoms with Gasteiger partial charge in [0.15, 0.2) is 5.69 Å². The van der Waals surface area contributed by atoms with Crippen LogP contribution in [0, 0.1) is 0 Å². The number of aromatic nitrogens is 3. The molecule has 0 radical (unpaired) electrons. The summed E-state index contributed by atoms with van der Waals surface area (Å²) in [4.78, 5) is 16.5. The van der Waals surface area contributed by atoms with Crippen LogP contribution in [0.4, 0.5) is 0 Å². The molecule has 0 aliphatic rings. The number of para-hydroxylation sites is 2. The van der Waals surface area contributed by atoms with Gasteiger partial charge in [0.1, 0.15) is 0 Å². The van der Waals surface area contributed by atoms with Gasteiger partial charge < -0.3 is 9.30 Å². The van der Waals surface area contributed by atoms with Crippen LogP contribution in [0.15, 0.2) is 24.3 Å². The summed E-state index contributed by atoms with van der Waals surface area (Å²) in [6.07, 6.45) is 0. The van der Waals surface area contributed by atoms with Crippen LogP contribution in [0.5, 0.6) is 0 Å². The molecule has 0 saturated heterocycles. The smallest absolute Gasteiger partial charge is 0.357 e. The lowest BCUT2D eigenvalue weighted by molar-refractivity contribution is 0.0592. The fourth-order valence-corrected chi connectivity index (χ4v) is 2.74. The highest BCUT2D eigenvalue weighted by Crippen LogP contribution is 2.24. The lowest BCUT2D eigenvalue weighted by Gasteiger charge is -2.00. The van der Waals surface area contributed by atoms with E-state index in [1.165, 1.54) is 7.11 Å². The predicted molar refractivity (Wildman–Crippen MR) is 75.6 cm³/mol. The van der Waals surface area contributed by atoms with Gasteiger partial charge >= 0.3 is 5.97 Å². The third-order valence-corrected chi connectivity index (χ3v) is 3.75. The Morgan fingerprint density at radius 2 is 2.05 bits per heavy atom. The van der Waals surface area contributed by atoms with Crippen molar-refractivity contribution < 1.29 is 9.53 Å². The Hall–Kier alpha value is -1.82. The van der Waals surface area contributed by atoms with Crippen molar-refractivity contribution in [2.45, 2.75) is 5.33 Å². The average molecular weight is 322 g/mol. The largest absolute Gasteiger partial charge is 0.464 e. The highest BCUT2D eigenvalue weighted by molar-refractivity contribution is 9.08. The molecule has 19 heavy (non-hydrogen) atoms. The first kappa shape index (κ1) is 12.2. The third-order valence-electron chi connectivity index (χ3n) is 3.22. The summed E-state index contributed by atoms with van der Waals surface area (Å²) in [6.45, 7) is 0. The van der Waals surface area contributed by atoms with E-state index in [0.717, 1.165) is 16.8 Å². The van der Waals surface area contributed by atoms with Crippen LogP contribution >= 0.6 is 15.9 Å². The molecule has 0 saturated carbocycles. The van der Waals surface area contributed by atoms with E-state index >= 15 is 0 Å². The molecule has 0 bridgehead atoms. The molecular formula is C13H12BrN3O2. The molecule has 0 aliphatic heterocycles. The van der Waals surface area contributed by atoms with E-state index in [4.69, 9.17) is 4.74 Å². The number of carbonyl (C=O) groups is 1. The van der Waals surface area contributed by atoms with Gasteiger partial charge in [0.2, 0.25) is 5.78 Å². The maximum atomic E-state index is 12.0. The van der Waals surface area contributed by atoms with Crippen LogP contribution in [0.1, 0.15) is 16.2 Å². The summed E-state index contributed by atoms with van der Waals surface area (Å²) >= 11 is 3.36. The number of halogens is 1. The number of nitrogens with zero attached hydrogens (tertiary/aromatic N) is 3. The molecule has 0 amide bonds. The topological polar surface area (TPSA) is 48.5 Å². The molecule has 5 nitrogen and oxygen atoms in total. The number of hydrogen-bond acceptors (Lipinski definition) is 3. The van der Waals surface area contributed by atoms with Crippen LogP contribution in [-0.4, -0.2) is 27.0 Å². The van der Waals surface area contributed by atoms with Gasteiger partial charge in [-0.2, -0.15) is 0 Å². The van der Waals surface area contributed by atoms with E-state index in [-0.39, 0.29) is 5.97 Å². The Kier molecular flexibility index (Phi) is 2.82. The number of methoxy groups -OCH3 is 1. The Bertz CT molecular complexity index is 788. The number of aryl methyl sites for hydroxylation is 1. The Morgan fingerprint density at radius 1 is 1.37 bits per heavy atom. The van der Waals surface area contributed by atoms with E-state index < -0.39 is 0 Å². The molecule has 3 rings (SSSR count). The number of rotatable bonds is 2. The predicted octanol–water partition coefficient (Wildman–Crippen LogP) is 2.51. The molecule has 98 valence electrons. The molecule has 0 atom stereocenters. The van der Waals surface area contributed by atoms with Gasteiger partial charge in [-0.25, -0.2) is 9.78 Å². The molecule has 3 aromatic rings. The second kappa shape index (κ2) is 4.38. The maximum absolute atomic E-state index is 12.0. The fraction of sp³-hybridized carbons (Fsp3) is 0.231. The number of hydrogen-bond donors (Lipinski definition) is 0. The lowest BCUT2D eigenvalue weighted by atomic mass is 10.3. The highest BCUT2D eigenvalue weighted by atomic mass is 79.9. The summed E-state index contributed by atoms with van der Waals surface area (Å²) in [5.41, 5.74) is 3.13. The molecule has 2 aromatic heterocycles. The van der Waals surface area contributed by atoms with Gasteiger partial charge in [-0.3, -0.25) is 4.40 Å². The van der Waals surface area contributed by atoms with Gasteiger partial charge in [-0.15, -0.1) is 0 Å². The fourth-order valence-electron chi connectivity index (χ4n) is 2.35. The highest BCUT2D eigenvalue weighted by Gasteiger charge is 2.23. The molecule has 0 unspecified atom stereocenters. The number of carbonyl (C=O) groups excluding carboxylic acids is 1. The van der Waals surface area contributed by atoms with Crippen molar-refractivity contribution in [3.05, 3.63) is 35.7 Å². The number of benzene rings is 1. The summed E-state index contributed by atoms with van der Waals surface area (Å²) in [5.74, 6) is 0.356. The van der Waals surface area contributed by atoms with Crippen LogP contribution in [-0.2, 0) is 17.1 Å². The first-order valence-corrected chi connectivity index (χ1v) is 6.90. The average Bonchev–Trinajstić information content (AvgIpc) is 2.95. The maximum Gasteiger partial charge on any atom is 0.357 e. The zero-order valence-electron chi connectivity index (χ0n) is 10.6. The van der Waals surface area contributed by atoms with Crippen molar-refractivity contribution in [1.82, 2.24) is 14.0 Å². The van der Waals surface area contributed by atoms with Crippen molar-refractivity contribution in [3.8, 4) is 0 Å². The summed E-state index contributed by atoms with van der Waals surface area (Å²) in [7, 11) is 3.31. The number of imidazole rings is 2. The van der Waals surface area contributed by atoms with E-state index in [2.05, 4.69) is 20.9 Å². The van der Waals surface area contributed by atoms with E-state index in [1.807, 2.05) is 40.3 Å². The second-order valence-corrected chi connectivity index (χ2v) is 4.78. The molecule has 0 aliphatic carbocycles. The number of ether oxygens (including phenoxy) is 1. The molecule has 2 heterocycles. The minimum absolute atomic E-state index is 0.377. The first-order valence-electron chi connectivity index (χ1n) is 5.78. The number of fused-ring (bicyclic) bond motifs is 3. The van der Waals surface area contributed by atoms with Crippen molar-refractivity contribution >= 4 is 38.7 Å². The minimum Gasteiger partial charge on any atom is -0.464 e. The minimum atomic E-state index is -0.377. The van der Waals surface area contributed by atoms with Crippen molar-refractivity contribution in [3.63, 3.8) is 0 Å². The van der Waals surface area contributed by atoms with E-state index in [9.17, 15) is 4.79 Å². The molecule has 6 heteroatoms. The molecule has 1 aromatic carbocycles. The first-order chi connectivity index (χ1) is 9.19. The number of alkyl halides is 1. The number of esters is 1.